The molecule has 0 spiro atoms. The molecule has 5 nitrogen and oxygen atoms in total. The maximum absolute atomic E-state index is 9.94. The number of aromatic nitrogens is 1. The van der Waals surface area contributed by atoms with Crippen LogP contribution in [0.4, 0.5) is 0 Å². The molecule has 2 rings (SSSR count). The summed E-state index contributed by atoms with van der Waals surface area (Å²) in [5, 5.41) is 22.5. The van der Waals surface area contributed by atoms with Crippen LogP contribution in [-0.4, -0.2) is 34.5 Å². The lowest BCUT2D eigenvalue weighted by Crippen LogP contribution is -2.29. The van der Waals surface area contributed by atoms with Gasteiger partial charge in [0.15, 0.2) is 0 Å². The maximum atomic E-state index is 9.94. The first-order valence-corrected chi connectivity index (χ1v) is 5.80. The smallest absolute Gasteiger partial charge is 0.141 e. The number of aliphatic hydroxyl groups excluding tert-OH is 1. The van der Waals surface area contributed by atoms with E-state index in [1.807, 2.05) is 0 Å². The van der Waals surface area contributed by atoms with Crippen LogP contribution in [0.25, 0.3) is 0 Å². The Morgan fingerprint density at radius 1 is 1.59 bits per heavy atom. The van der Waals surface area contributed by atoms with Gasteiger partial charge in [-0.05, 0) is 13.3 Å². The van der Waals surface area contributed by atoms with E-state index in [4.69, 9.17) is 4.74 Å². The van der Waals surface area contributed by atoms with Crippen molar-refractivity contribution in [3.05, 3.63) is 23.0 Å². The van der Waals surface area contributed by atoms with Gasteiger partial charge in [-0.2, -0.15) is 0 Å². The van der Waals surface area contributed by atoms with Gasteiger partial charge in [-0.25, -0.2) is 0 Å². The van der Waals surface area contributed by atoms with Gasteiger partial charge in [0, 0.05) is 36.5 Å². The number of hydrogen-bond donors (Lipinski definition) is 3. The predicted molar refractivity (Wildman–Crippen MR) is 62.6 cm³/mol. The highest BCUT2D eigenvalue weighted by atomic mass is 16.5. The molecule has 5 heteroatoms. The fourth-order valence-corrected chi connectivity index (χ4v) is 1.96. The normalized spacial score (nSPS) is 19.8. The summed E-state index contributed by atoms with van der Waals surface area (Å²) in [4.78, 5) is 4.03. The third-order valence-electron chi connectivity index (χ3n) is 3.10. The number of nitrogens with zero attached hydrogens (tertiary/aromatic N) is 1. The molecule has 0 bridgehead atoms. The third kappa shape index (κ3) is 2.74. The van der Waals surface area contributed by atoms with E-state index in [1.54, 1.807) is 13.1 Å². The van der Waals surface area contributed by atoms with Crippen LogP contribution < -0.4 is 5.32 Å². The minimum absolute atomic E-state index is 0.112. The van der Waals surface area contributed by atoms with Crippen LogP contribution in [0.5, 0.6) is 5.75 Å². The second kappa shape index (κ2) is 5.44. The molecule has 0 saturated carbocycles. The lowest BCUT2D eigenvalue weighted by Gasteiger charge is -2.15. The Morgan fingerprint density at radius 3 is 3.06 bits per heavy atom. The molecule has 1 atom stereocenters. The molecule has 1 aromatic heterocycles. The first-order valence-electron chi connectivity index (χ1n) is 5.80. The summed E-state index contributed by atoms with van der Waals surface area (Å²) in [7, 11) is 0. The van der Waals surface area contributed by atoms with E-state index in [2.05, 4.69) is 10.3 Å². The number of aromatic hydroxyl groups is 1. The minimum atomic E-state index is -0.112. The van der Waals surface area contributed by atoms with Gasteiger partial charge in [0.05, 0.1) is 18.9 Å². The highest BCUT2D eigenvalue weighted by Crippen LogP contribution is 2.24. The van der Waals surface area contributed by atoms with Gasteiger partial charge < -0.3 is 20.3 Å². The summed E-state index contributed by atoms with van der Waals surface area (Å²) in [5.74, 6) is 0.169. The largest absolute Gasteiger partial charge is 0.506 e. The monoisotopic (exact) mass is 238 g/mol. The van der Waals surface area contributed by atoms with E-state index < -0.39 is 0 Å². The van der Waals surface area contributed by atoms with E-state index in [0.29, 0.717) is 30.5 Å². The fraction of sp³-hybridized carbons (Fsp3) is 0.583. The molecule has 0 amide bonds. The van der Waals surface area contributed by atoms with E-state index in [9.17, 15) is 10.2 Å². The average molecular weight is 238 g/mol. The number of aliphatic hydroxyl groups is 1. The Hall–Kier alpha value is -1.17. The standard InChI is InChI=1S/C12H18N2O3/c1-8-12(16)11(9(6-15)4-13-8)5-14-10-2-3-17-7-10/h4,10,14-16H,2-3,5-7H2,1H3. The van der Waals surface area contributed by atoms with Gasteiger partial charge in [-0.15, -0.1) is 0 Å². The van der Waals surface area contributed by atoms with Gasteiger partial charge in [-0.3, -0.25) is 4.98 Å². The Morgan fingerprint density at radius 2 is 2.41 bits per heavy atom. The summed E-state index contributed by atoms with van der Waals surface area (Å²) in [6.07, 6.45) is 2.59. The molecule has 0 aliphatic carbocycles. The summed E-state index contributed by atoms with van der Waals surface area (Å²) >= 11 is 0. The average Bonchev–Trinajstić information content (AvgIpc) is 2.84. The van der Waals surface area contributed by atoms with Crippen molar-refractivity contribution in [1.82, 2.24) is 10.3 Å². The topological polar surface area (TPSA) is 74.6 Å². The molecule has 0 radical (unpaired) electrons. The molecule has 0 aromatic carbocycles. The van der Waals surface area contributed by atoms with Gasteiger partial charge in [0.2, 0.25) is 0 Å². The van der Waals surface area contributed by atoms with Gasteiger partial charge in [0.25, 0.3) is 0 Å². The molecule has 2 heterocycles. The Kier molecular flexibility index (Phi) is 3.93. The Balaban J connectivity index is 2.09. The van der Waals surface area contributed by atoms with Crippen LogP contribution in [0.15, 0.2) is 6.20 Å². The molecule has 1 aliphatic heterocycles. The van der Waals surface area contributed by atoms with Crippen molar-refractivity contribution >= 4 is 0 Å². The van der Waals surface area contributed by atoms with Crippen molar-refractivity contribution < 1.29 is 14.9 Å². The first-order chi connectivity index (χ1) is 8.22. The molecule has 1 unspecified atom stereocenters. The lowest BCUT2D eigenvalue weighted by atomic mass is 10.1. The zero-order chi connectivity index (χ0) is 12.3. The second-order valence-electron chi connectivity index (χ2n) is 4.30. The van der Waals surface area contributed by atoms with Crippen LogP contribution in [0, 0.1) is 6.92 Å². The highest BCUT2D eigenvalue weighted by molar-refractivity contribution is 5.40. The summed E-state index contributed by atoms with van der Waals surface area (Å²) < 4.78 is 5.27. The van der Waals surface area contributed by atoms with Crippen LogP contribution in [-0.2, 0) is 17.9 Å². The molecule has 17 heavy (non-hydrogen) atoms. The van der Waals surface area contributed by atoms with Crippen molar-refractivity contribution in [1.29, 1.82) is 0 Å². The van der Waals surface area contributed by atoms with Crippen molar-refractivity contribution in [2.45, 2.75) is 32.5 Å². The maximum Gasteiger partial charge on any atom is 0.141 e. The van der Waals surface area contributed by atoms with Gasteiger partial charge >= 0.3 is 0 Å². The van der Waals surface area contributed by atoms with Gasteiger partial charge in [-0.1, -0.05) is 0 Å². The number of pyridine rings is 1. The first kappa shape index (κ1) is 12.3. The summed E-state index contributed by atoms with van der Waals surface area (Å²) in [5.41, 5.74) is 1.98. The van der Waals surface area contributed by atoms with Gasteiger partial charge in [0.1, 0.15) is 5.75 Å². The van der Waals surface area contributed by atoms with E-state index >= 15 is 0 Å². The molecule has 1 fully saturated rings. The minimum Gasteiger partial charge on any atom is -0.506 e. The van der Waals surface area contributed by atoms with E-state index in [0.717, 1.165) is 18.6 Å². The summed E-state index contributed by atoms with van der Waals surface area (Å²) in [6.45, 7) is 3.65. The van der Waals surface area contributed by atoms with Crippen molar-refractivity contribution in [3.8, 4) is 5.75 Å². The van der Waals surface area contributed by atoms with E-state index in [-0.39, 0.29) is 12.4 Å². The molecule has 1 aliphatic rings. The van der Waals surface area contributed by atoms with E-state index in [1.165, 1.54) is 0 Å². The molecule has 94 valence electrons. The molecule has 1 saturated heterocycles. The lowest BCUT2D eigenvalue weighted by molar-refractivity contribution is 0.189. The number of nitrogens with one attached hydrogen (secondary N) is 1. The Bertz CT molecular complexity index is 390. The predicted octanol–water partition coefficient (Wildman–Crippen LogP) is 0.466. The van der Waals surface area contributed by atoms with Crippen LogP contribution in [0.1, 0.15) is 23.2 Å². The number of hydrogen-bond acceptors (Lipinski definition) is 5. The summed E-state index contributed by atoms with van der Waals surface area (Å²) in [6, 6.07) is 0.328. The van der Waals surface area contributed by atoms with Crippen molar-refractivity contribution in [3.63, 3.8) is 0 Å². The number of ether oxygens (including phenoxy) is 1. The van der Waals surface area contributed by atoms with Crippen molar-refractivity contribution in [2.75, 3.05) is 13.2 Å². The quantitative estimate of drug-likeness (QED) is 0.711. The van der Waals surface area contributed by atoms with Crippen LogP contribution in [0.2, 0.25) is 0 Å². The molecular weight excluding hydrogens is 220 g/mol. The highest BCUT2D eigenvalue weighted by Gasteiger charge is 2.17. The zero-order valence-electron chi connectivity index (χ0n) is 9.94. The van der Waals surface area contributed by atoms with Crippen LogP contribution >= 0.6 is 0 Å². The SMILES string of the molecule is Cc1ncc(CO)c(CNC2CCOC2)c1O. The van der Waals surface area contributed by atoms with Crippen LogP contribution in [0.3, 0.4) is 0 Å². The molecular formula is C12H18N2O3. The molecule has 1 aromatic rings. The molecule has 3 N–H and O–H groups in total. The fourth-order valence-electron chi connectivity index (χ4n) is 1.96. The second-order valence-corrected chi connectivity index (χ2v) is 4.30. The Labute approximate surface area is 100 Å². The number of rotatable bonds is 4. The third-order valence-corrected chi connectivity index (χ3v) is 3.10. The zero-order valence-corrected chi connectivity index (χ0v) is 9.94. The van der Waals surface area contributed by atoms with Crippen molar-refractivity contribution in [2.24, 2.45) is 0 Å². The number of aryl methyl sites for hydroxylation is 1.